The van der Waals surface area contributed by atoms with Crippen LogP contribution in [0.25, 0.3) is 0 Å². The Bertz CT molecular complexity index is 927. The molecule has 0 saturated heterocycles. The van der Waals surface area contributed by atoms with Crippen LogP contribution in [0.5, 0.6) is 0 Å². The number of anilines is 1. The van der Waals surface area contributed by atoms with Gasteiger partial charge >= 0.3 is 0 Å². The van der Waals surface area contributed by atoms with E-state index in [-0.39, 0.29) is 5.91 Å². The van der Waals surface area contributed by atoms with E-state index in [4.69, 9.17) is 35.4 Å². The molecule has 0 aromatic heterocycles. The zero-order valence-electron chi connectivity index (χ0n) is 14.2. The number of hydrogen-bond donors (Lipinski definition) is 3. The molecule has 2 aromatic rings. The van der Waals surface area contributed by atoms with Gasteiger partial charge in [-0.05, 0) is 55.4 Å². The highest BCUT2D eigenvalue weighted by Crippen LogP contribution is 2.35. The molecule has 1 heterocycles. The summed E-state index contributed by atoms with van der Waals surface area (Å²) < 4.78 is 0. The summed E-state index contributed by atoms with van der Waals surface area (Å²) >= 11 is 17.8. The lowest BCUT2D eigenvalue weighted by atomic mass is 9.94. The molecule has 1 atom stereocenters. The second-order valence-electron chi connectivity index (χ2n) is 6.04. The van der Waals surface area contributed by atoms with Gasteiger partial charge in [0.2, 0.25) is 0 Å². The third-order valence-corrected chi connectivity index (χ3v) is 5.14. The summed E-state index contributed by atoms with van der Waals surface area (Å²) in [7, 11) is 0. The molecule has 0 bridgehead atoms. The zero-order chi connectivity index (χ0) is 18.8. The van der Waals surface area contributed by atoms with E-state index in [1.807, 2.05) is 44.2 Å². The van der Waals surface area contributed by atoms with E-state index in [1.54, 1.807) is 12.1 Å². The van der Waals surface area contributed by atoms with Crippen LogP contribution >= 0.6 is 35.4 Å². The van der Waals surface area contributed by atoms with Gasteiger partial charge in [-0.1, -0.05) is 47.5 Å². The van der Waals surface area contributed by atoms with Gasteiger partial charge in [0.25, 0.3) is 5.91 Å². The van der Waals surface area contributed by atoms with Crippen LogP contribution in [0.4, 0.5) is 5.69 Å². The molecule has 134 valence electrons. The van der Waals surface area contributed by atoms with E-state index in [0.717, 1.165) is 11.3 Å². The molecule has 4 nitrogen and oxygen atoms in total. The van der Waals surface area contributed by atoms with Crippen molar-refractivity contribution in [3.63, 3.8) is 0 Å². The number of hydrogen-bond acceptors (Lipinski definition) is 2. The van der Waals surface area contributed by atoms with Gasteiger partial charge in [0.15, 0.2) is 5.11 Å². The Hall–Kier alpha value is -2.08. The smallest absolute Gasteiger partial charge is 0.255 e. The number of halogens is 2. The second kappa shape index (κ2) is 7.66. The lowest BCUT2D eigenvalue weighted by molar-refractivity contribution is -0.113. The minimum absolute atomic E-state index is 0.239. The Morgan fingerprint density at radius 2 is 1.88 bits per heavy atom. The van der Waals surface area contributed by atoms with Gasteiger partial charge in [0.1, 0.15) is 0 Å². The van der Waals surface area contributed by atoms with Gasteiger partial charge < -0.3 is 16.0 Å². The first-order valence-corrected chi connectivity index (χ1v) is 9.13. The van der Waals surface area contributed by atoms with E-state index >= 15 is 0 Å². The van der Waals surface area contributed by atoms with Crippen molar-refractivity contribution in [1.29, 1.82) is 0 Å². The summed E-state index contributed by atoms with van der Waals surface area (Å²) in [6.45, 7) is 3.78. The maximum atomic E-state index is 13.0. The Balaban J connectivity index is 2.00. The fourth-order valence-corrected chi connectivity index (χ4v) is 3.58. The summed E-state index contributed by atoms with van der Waals surface area (Å²) in [5.74, 6) is -0.239. The molecule has 2 aromatic carbocycles. The average Bonchev–Trinajstić information content (AvgIpc) is 2.56. The molecule has 0 saturated carbocycles. The third-order valence-electron chi connectivity index (χ3n) is 4.08. The number of allylic oxidation sites excluding steroid dienone is 1. The van der Waals surface area contributed by atoms with Crippen molar-refractivity contribution in [3.05, 3.63) is 74.9 Å². The predicted molar refractivity (Wildman–Crippen MR) is 111 cm³/mol. The van der Waals surface area contributed by atoms with Gasteiger partial charge in [0, 0.05) is 11.4 Å². The average molecular weight is 406 g/mol. The zero-order valence-corrected chi connectivity index (χ0v) is 16.5. The monoisotopic (exact) mass is 405 g/mol. The van der Waals surface area contributed by atoms with Crippen molar-refractivity contribution < 1.29 is 4.79 Å². The maximum Gasteiger partial charge on any atom is 0.255 e. The summed E-state index contributed by atoms with van der Waals surface area (Å²) in [5, 5.41) is 10.3. The normalized spacial score (nSPS) is 16.8. The van der Waals surface area contributed by atoms with Gasteiger partial charge in [-0.3, -0.25) is 4.79 Å². The van der Waals surface area contributed by atoms with E-state index in [0.29, 0.717) is 32.0 Å². The Labute approximate surface area is 167 Å². The highest BCUT2D eigenvalue weighted by Gasteiger charge is 2.31. The number of benzene rings is 2. The second-order valence-corrected chi connectivity index (χ2v) is 7.23. The van der Waals surface area contributed by atoms with E-state index in [2.05, 4.69) is 16.0 Å². The van der Waals surface area contributed by atoms with Crippen LogP contribution in [0.1, 0.15) is 24.1 Å². The van der Waals surface area contributed by atoms with Crippen LogP contribution in [0.2, 0.25) is 10.0 Å². The lowest BCUT2D eigenvalue weighted by Gasteiger charge is -2.31. The Morgan fingerprint density at radius 3 is 2.62 bits per heavy atom. The minimum atomic E-state index is -0.500. The molecule has 1 aliphatic heterocycles. The lowest BCUT2D eigenvalue weighted by Crippen LogP contribution is -2.45. The number of carbonyl (C=O) groups is 1. The van der Waals surface area contributed by atoms with Crippen LogP contribution in [0, 0.1) is 6.92 Å². The SMILES string of the molecule is CC1=C(C(=O)Nc2cccc(C)c2)[C@@H](c2cccc(Cl)c2Cl)NC(=S)N1. The number of aryl methyl sites for hydroxylation is 1. The molecule has 3 N–H and O–H groups in total. The van der Waals surface area contributed by atoms with E-state index in [1.165, 1.54) is 0 Å². The maximum absolute atomic E-state index is 13.0. The van der Waals surface area contributed by atoms with Gasteiger partial charge in [0.05, 0.1) is 21.7 Å². The first-order chi connectivity index (χ1) is 12.4. The van der Waals surface area contributed by atoms with Crippen LogP contribution in [0.15, 0.2) is 53.7 Å². The molecule has 0 spiro atoms. The fraction of sp³-hybridized carbons (Fsp3) is 0.158. The standard InChI is InChI=1S/C19H17Cl2N3OS/c1-10-5-3-6-12(9-10)23-18(25)15-11(2)22-19(26)24-17(15)13-7-4-8-14(20)16(13)21/h3-9,17H,1-2H3,(H,23,25)(H2,22,24,26)/t17-/m1/s1. The van der Waals surface area contributed by atoms with Crippen LogP contribution in [0.3, 0.4) is 0 Å². The Morgan fingerprint density at radius 1 is 1.15 bits per heavy atom. The first-order valence-electron chi connectivity index (χ1n) is 7.97. The molecule has 0 fully saturated rings. The number of rotatable bonds is 3. The largest absolute Gasteiger partial charge is 0.351 e. The number of amides is 1. The summed E-state index contributed by atoms with van der Waals surface area (Å²) in [6.07, 6.45) is 0. The molecule has 0 unspecified atom stereocenters. The molecule has 7 heteroatoms. The minimum Gasteiger partial charge on any atom is -0.351 e. The van der Waals surface area contributed by atoms with Crippen molar-refractivity contribution in [2.45, 2.75) is 19.9 Å². The summed E-state index contributed by atoms with van der Waals surface area (Å²) in [6, 6.07) is 12.4. The molecule has 1 amide bonds. The molecule has 0 aliphatic carbocycles. The molecule has 0 radical (unpaired) electrons. The van der Waals surface area contributed by atoms with Crippen molar-refractivity contribution in [2.24, 2.45) is 0 Å². The first kappa shape index (κ1) is 18.7. The molecule has 3 rings (SSSR count). The van der Waals surface area contributed by atoms with Gasteiger partial charge in [-0.15, -0.1) is 0 Å². The number of nitrogens with one attached hydrogen (secondary N) is 3. The quantitative estimate of drug-likeness (QED) is 0.645. The van der Waals surface area contributed by atoms with E-state index < -0.39 is 6.04 Å². The predicted octanol–water partition coefficient (Wildman–Crippen LogP) is 4.73. The molecule has 1 aliphatic rings. The summed E-state index contributed by atoms with van der Waals surface area (Å²) in [4.78, 5) is 13.0. The van der Waals surface area contributed by atoms with Crippen LogP contribution in [-0.4, -0.2) is 11.0 Å². The summed E-state index contributed by atoms with van der Waals surface area (Å²) in [5.41, 5.74) is 3.64. The van der Waals surface area contributed by atoms with Crippen molar-refractivity contribution in [2.75, 3.05) is 5.32 Å². The van der Waals surface area contributed by atoms with Crippen LogP contribution < -0.4 is 16.0 Å². The van der Waals surface area contributed by atoms with Crippen molar-refractivity contribution in [1.82, 2.24) is 10.6 Å². The molecular formula is C19H17Cl2N3OS. The Kier molecular flexibility index (Phi) is 5.51. The van der Waals surface area contributed by atoms with Crippen molar-refractivity contribution >= 4 is 52.1 Å². The fourth-order valence-electron chi connectivity index (χ4n) is 2.89. The molecular weight excluding hydrogens is 389 g/mol. The third kappa shape index (κ3) is 3.85. The highest BCUT2D eigenvalue weighted by molar-refractivity contribution is 7.80. The highest BCUT2D eigenvalue weighted by atomic mass is 35.5. The molecule has 26 heavy (non-hydrogen) atoms. The van der Waals surface area contributed by atoms with Gasteiger partial charge in [-0.2, -0.15) is 0 Å². The van der Waals surface area contributed by atoms with Crippen molar-refractivity contribution in [3.8, 4) is 0 Å². The van der Waals surface area contributed by atoms with Crippen LogP contribution in [-0.2, 0) is 4.79 Å². The topological polar surface area (TPSA) is 53.2 Å². The van der Waals surface area contributed by atoms with E-state index in [9.17, 15) is 4.79 Å². The number of carbonyl (C=O) groups excluding carboxylic acids is 1. The van der Waals surface area contributed by atoms with Gasteiger partial charge in [-0.25, -0.2) is 0 Å². The number of thiocarbonyl (C=S) groups is 1.